The van der Waals surface area contributed by atoms with Gasteiger partial charge in [-0.2, -0.15) is 25.5 Å². The number of Topliss-reactive ketones (excluding diaryl/α,β-unsaturated/α-hetero) is 1. The number of nitrogens with zero attached hydrogens (tertiary/aromatic N) is 20. The molecule has 48 heteroatoms. The SMILES string of the molecule is CC(=O)[C@H]1C2CCC(CC2)C1Nc1nc(-c2[nH]nc3ncc(F)cc23)ncc1Cl.COC(=O)[C@@H]1C2CCC(CC2)C1Nc1nc(-c2[nH]nc3ncc(F)cc23)ncc1Cl.COC(=O)[C@H]1C2CCC(CC2)C1Nc1nc(-c2[nH]nc3ncc(F)cc23)ncc1Cl.O=C([O-])[C@H]1C2CCC(CC2)C1Cc1nc(-c2[nH]nc3ncc(F)cc23)ncc1F.O=C([O-])[C@H]1C2CCC(CC2)C1Nc1nc(-c2[nH]nc3ncc(F)cc23)ncc1F. The molecule has 0 aliphatic heterocycles. The van der Waals surface area contributed by atoms with Crippen molar-refractivity contribution >= 4 is 143 Å². The molecule has 0 saturated heterocycles. The lowest BCUT2D eigenvalue weighted by Crippen LogP contribution is -2.55. The number of H-pyrrole nitrogens is 5. The molecule has 10 bridgehead atoms. The predicted molar refractivity (Wildman–Crippen MR) is 516 cm³/mol. The fraction of sp³-hybridized carbons (Fsp3) is 0.444. The number of esters is 2. The molecular weight excluding hydrogens is 1980 g/mol. The van der Waals surface area contributed by atoms with Crippen molar-refractivity contribution in [2.75, 3.05) is 35.5 Å². The number of hydrogen-bond acceptors (Lipinski definition) is 33. The van der Waals surface area contributed by atoms with E-state index in [1.165, 1.54) is 63.1 Å². The van der Waals surface area contributed by atoms with Crippen molar-refractivity contribution < 1.29 is 74.4 Å². The number of anilines is 4. The Bertz CT molecular complexity index is 6950. The molecule has 30 rings (SSSR count). The molecule has 0 spiro atoms. The molecule has 0 radical (unpaired) electrons. The summed E-state index contributed by atoms with van der Waals surface area (Å²) in [5, 5.41) is 74.2. The molecule has 15 aliphatic rings. The summed E-state index contributed by atoms with van der Waals surface area (Å²) in [6.07, 6.45) is 32.1. The third-order valence-electron chi connectivity index (χ3n) is 31.7. The van der Waals surface area contributed by atoms with Crippen molar-refractivity contribution in [3.8, 4) is 57.6 Å². The minimum absolute atomic E-state index is 0.0119. The van der Waals surface area contributed by atoms with Crippen LogP contribution in [0.5, 0.6) is 0 Å². The molecular formula is C99H95Cl3F7N29O9-2. The van der Waals surface area contributed by atoms with Gasteiger partial charge in [-0.3, -0.25) is 39.9 Å². The number of ketones is 1. The van der Waals surface area contributed by atoms with Gasteiger partial charge >= 0.3 is 11.9 Å². The second-order valence-electron chi connectivity index (χ2n) is 39.5. The molecule has 9 N–H and O–H groups in total. The average Bonchev–Trinajstić information content (AvgIpc) is 1.62. The van der Waals surface area contributed by atoms with E-state index in [-0.39, 0.29) is 118 Å². The number of aromatic amines is 5. The zero-order chi connectivity index (χ0) is 102. The zero-order valence-corrected chi connectivity index (χ0v) is 81.2. The van der Waals surface area contributed by atoms with Crippen LogP contribution in [0.4, 0.5) is 54.0 Å². The number of nitrogens with one attached hydrogen (secondary N) is 9. The van der Waals surface area contributed by atoms with E-state index < -0.39 is 70.5 Å². The number of carbonyl (C=O) groups excluding carboxylic acids is 5. The van der Waals surface area contributed by atoms with Gasteiger partial charge in [0.15, 0.2) is 74.8 Å². The minimum atomic E-state index is -1.12. The lowest BCUT2D eigenvalue weighted by molar-refractivity contribution is -0.319. The Hall–Kier alpha value is -14.4. The number of fused-ring (bicyclic) bond motifs is 20. The fourth-order valence-corrected chi connectivity index (χ4v) is 25.3. The first-order chi connectivity index (χ1) is 71.1. The fourth-order valence-electron chi connectivity index (χ4n) is 24.8. The minimum Gasteiger partial charge on any atom is -0.550 e. The van der Waals surface area contributed by atoms with Gasteiger partial charge in [0.05, 0.1) is 121 Å². The molecule has 0 aromatic carbocycles. The smallest absolute Gasteiger partial charge is 0.311 e. The van der Waals surface area contributed by atoms with Gasteiger partial charge in [0.1, 0.15) is 95.9 Å². The Morgan fingerprint density at radius 2 is 0.571 bits per heavy atom. The van der Waals surface area contributed by atoms with Crippen molar-refractivity contribution in [2.45, 2.75) is 166 Å². The van der Waals surface area contributed by atoms with E-state index in [1.54, 1.807) is 6.92 Å². The van der Waals surface area contributed by atoms with Crippen molar-refractivity contribution in [1.29, 1.82) is 0 Å². The Morgan fingerprint density at radius 1 is 0.320 bits per heavy atom. The summed E-state index contributed by atoms with van der Waals surface area (Å²) < 4.78 is 107. The molecule has 10 atom stereocenters. The van der Waals surface area contributed by atoms with Crippen LogP contribution in [0, 0.1) is 135 Å². The standard InChI is InChI=1S/2C20H20ClFN6O2.C20H20ClFN6O.C20H19F2N5O2.C19H18F2N6O2/c2*1-30-20(29)14-9-2-4-10(5-3-9)15(14)25-18-13(21)8-24-19(26-18)16-12-6-11(22)7-23-17(12)28-27-16;1-9(29)15-10-2-4-11(5-3-10)16(15)25-19-14(21)8-24-20(26-19)17-13-6-12(22)7-23-18(13)28-27-17;21-11-5-13-17(26-27-18(13)23-7-11)19-24-8-14(22)15(25-19)6-12-9-1-3-10(4-2-9)16(12)20(28)29;20-10-5-11-15(26-27-16(11)22-6-10)18-23-7-12(21)17(25-18)24-14-9-3-1-8(2-4-9)13(14)19(28)29/h2*6-10,14-15H,2-5H2,1H3,(H,23,27,28)(H,24,25,26);6-8,10-11,15-16H,2-5H2,1H3,(H,23,27,28)(H,24,25,26);5,7-10,12,16H,1-4,6H2,(H,28,29)(H,23,26,27);5-9,13-14H,1-4H2,(H,28,29)(H,22,26,27)(H,23,24,25)/p-2/t2*9?,10?,14-,15?;10?,11?,15-,16?;9?,10?,12?,16-;8?,9?,13-,14?/m10000/s1. The van der Waals surface area contributed by atoms with Gasteiger partial charge in [0, 0.05) is 53.9 Å². The highest BCUT2D eigenvalue weighted by Crippen LogP contribution is 2.54. The van der Waals surface area contributed by atoms with Gasteiger partial charge in [-0.1, -0.05) is 34.8 Å². The highest BCUT2D eigenvalue weighted by Gasteiger charge is 2.52. The van der Waals surface area contributed by atoms with Gasteiger partial charge in [-0.05, 0) is 237 Å². The number of rotatable bonds is 20. The van der Waals surface area contributed by atoms with Crippen LogP contribution in [-0.2, 0) is 39.9 Å². The molecule has 5 unspecified atom stereocenters. The van der Waals surface area contributed by atoms with Crippen LogP contribution in [0.25, 0.3) is 113 Å². The third-order valence-corrected chi connectivity index (χ3v) is 32.5. The zero-order valence-electron chi connectivity index (χ0n) is 79.0. The molecule has 15 aromatic heterocycles. The normalized spacial score (nSPS) is 25.8. The summed E-state index contributed by atoms with van der Waals surface area (Å²) in [4.78, 5) is 124. The van der Waals surface area contributed by atoms with Crippen LogP contribution in [0.2, 0.25) is 15.1 Å². The highest BCUT2D eigenvalue weighted by atomic mass is 35.5. The van der Waals surface area contributed by atoms with Crippen LogP contribution in [0.15, 0.2) is 92.3 Å². The van der Waals surface area contributed by atoms with E-state index in [4.69, 9.17) is 44.3 Å². The summed E-state index contributed by atoms with van der Waals surface area (Å²) in [6.45, 7) is 1.67. The monoisotopic (exact) mass is 2070 g/mol. The maximum absolute atomic E-state index is 14.5. The van der Waals surface area contributed by atoms with Gasteiger partial charge in [0.2, 0.25) is 0 Å². The van der Waals surface area contributed by atoms with Crippen molar-refractivity contribution in [3.05, 3.63) is 154 Å². The average molecular weight is 2070 g/mol. The number of aliphatic carboxylic acids is 2. The number of ether oxygens (including phenoxy) is 2. The molecule has 15 saturated carbocycles. The number of carboxylic acid groups (broad SMARTS) is 2. The van der Waals surface area contributed by atoms with Crippen molar-refractivity contribution in [3.63, 3.8) is 0 Å². The summed E-state index contributed by atoms with van der Waals surface area (Å²) in [6, 6.07) is 5.86. The topological polar surface area (TPSA) is 535 Å². The molecule has 147 heavy (non-hydrogen) atoms. The Labute approximate surface area is 845 Å². The maximum atomic E-state index is 14.5. The van der Waals surface area contributed by atoms with E-state index in [1.807, 2.05) is 0 Å². The van der Waals surface area contributed by atoms with Gasteiger partial charge < -0.3 is 50.5 Å². The predicted octanol–water partition coefficient (Wildman–Crippen LogP) is 14.9. The maximum Gasteiger partial charge on any atom is 0.311 e. The molecule has 15 aliphatic carbocycles. The largest absolute Gasteiger partial charge is 0.550 e. The second kappa shape index (κ2) is 41.5. The quantitative estimate of drug-likeness (QED) is 0.0253. The Kier molecular flexibility index (Phi) is 27.9. The highest BCUT2D eigenvalue weighted by molar-refractivity contribution is 6.33. The molecule has 38 nitrogen and oxygen atoms in total. The van der Waals surface area contributed by atoms with Gasteiger partial charge in [-0.15, -0.1) is 0 Å². The summed E-state index contributed by atoms with van der Waals surface area (Å²) in [5.41, 5.74) is 3.89. The molecule has 0 amide bonds. The first-order valence-electron chi connectivity index (χ1n) is 48.9. The van der Waals surface area contributed by atoms with Crippen LogP contribution < -0.4 is 31.5 Å². The summed E-state index contributed by atoms with van der Waals surface area (Å²) in [7, 11) is 2.85. The second-order valence-corrected chi connectivity index (χ2v) is 40.7. The van der Waals surface area contributed by atoms with Crippen molar-refractivity contribution in [2.24, 2.45) is 94.7 Å². The van der Waals surface area contributed by atoms with Crippen LogP contribution >= 0.6 is 34.8 Å². The number of hydrogen-bond donors (Lipinski definition) is 9. The van der Waals surface area contributed by atoms with E-state index in [2.05, 4.69) is 147 Å². The number of halogens is 10. The summed E-state index contributed by atoms with van der Waals surface area (Å²) >= 11 is 19.1. The molecule has 15 fully saturated rings. The van der Waals surface area contributed by atoms with Gasteiger partial charge in [-0.25, -0.2) is 105 Å². The number of pyridine rings is 5. The molecule has 15 aromatic rings. The Morgan fingerprint density at radius 3 is 0.884 bits per heavy atom. The third kappa shape index (κ3) is 19.8. The molecule has 15 heterocycles. The Balaban J connectivity index is 0.000000108. The van der Waals surface area contributed by atoms with Gasteiger partial charge in [0.25, 0.3) is 0 Å². The van der Waals surface area contributed by atoms with Crippen molar-refractivity contribution in [1.82, 2.24) is 126 Å². The van der Waals surface area contributed by atoms with E-state index in [0.29, 0.717) is 163 Å². The number of aromatic nitrogens is 25. The number of methoxy groups -OCH3 is 2. The molecule has 762 valence electrons. The van der Waals surface area contributed by atoms with E-state index in [9.17, 15) is 64.9 Å². The first kappa shape index (κ1) is 98.6. The van der Waals surface area contributed by atoms with Crippen LogP contribution in [-0.4, -0.2) is 194 Å². The summed E-state index contributed by atoms with van der Waals surface area (Å²) in [5.74, 6) is -3.01. The lowest BCUT2D eigenvalue weighted by atomic mass is 9.57. The van der Waals surface area contributed by atoms with E-state index >= 15 is 0 Å². The number of carboxylic acids is 2. The van der Waals surface area contributed by atoms with E-state index in [0.717, 1.165) is 172 Å². The lowest BCUT2D eigenvalue weighted by Gasteiger charge is -2.49. The van der Waals surface area contributed by atoms with Crippen LogP contribution in [0.3, 0.4) is 0 Å². The first-order valence-corrected chi connectivity index (χ1v) is 50.0. The van der Waals surface area contributed by atoms with Crippen LogP contribution in [0.1, 0.15) is 141 Å². The number of carbonyl (C=O) groups is 5.